The van der Waals surface area contributed by atoms with Crippen molar-refractivity contribution in [3.8, 4) is 0 Å². The normalized spacial score (nSPS) is 27.6. The first-order chi connectivity index (χ1) is 9.38. The molecule has 0 amide bonds. The maximum atomic E-state index is 12.5. The van der Waals surface area contributed by atoms with Crippen molar-refractivity contribution in [3.63, 3.8) is 0 Å². The molecule has 1 fully saturated rings. The average Bonchev–Trinajstić information content (AvgIpc) is 2.38. The van der Waals surface area contributed by atoms with Crippen molar-refractivity contribution in [1.82, 2.24) is 4.90 Å². The molecule has 1 aliphatic rings. The number of carbonyl (C=O) groups is 1. The second kappa shape index (κ2) is 6.46. The van der Waals surface area contributed by atoms with Crippen molar-refractivity contribution in [2.24, 2.45) is 11.8 Å². The second-order valence-electron chi connectivity index (χ2n) is 6.04. The van der Waals surface area contributed by atoms with Crippen LogP contribution in [0.4, 0.5) is 0 Å². The zero-order valence-corrected chi connectivity index (χ0v) is 13.7. The molecule has 1 aromatic carbocycles. The largest absolute Gasteiger partial charge is 0.293 e. The lowest BCUT2D eigenvalue weighted by molar-refractivity contribution is 0.0650. The quantitative estimate of drug-likeness (QED) is 0.763. The molecule has 2 rings (SSSR count). The summed E-state index contributed by atoms with van der Waals surface area (Å²) in [5, 5.41) is 1.02. The maximum absolute atomic E-state index is 12.5. The molecule has 0 spiro atoms. The van der Waals surface area contributed by atoms with Gasteiger partial charge in [-0.05, 0) is 43.4 Å². The Balaban J connectivity index is 2.12. The summed E-state index contributed by atoms with van der Waals surface area (Å²) in [7, 11) is 0. The Morgan fingerprint density at radius 3 is 2.70 bits per heavy atom. The van der Waals surface area contributed by atoms with E-state index in [2.05, 4.69) is 25.7 Å². The summed E-state index contributed by atoms with van der Waals surface area (Å²) in [5.41, 5.74) is 0.525. The van der Waals surface area contributed by atoms with Crippen molar-refractivity contribution in [2.45, 2.75) is 33.2 Å². The van der Waals surface area contributed by atoms with E-state index < -0.39 is 0 Å². The number of halogens is 2. The fourth-order valence-electron chi connectivity index (χ4n) is 3.02. The molecule has 1 aromatic rings. The predicted octanol–water partition coefficient (Wildman–Crippen LogP) is 4.54. The van der Waals surface area contributed by atoms with E-state index >= 15 is 0 Å². The zero-order valence-electron chi connectivity index (χ0n) is 12.2. The van der Waals surface area contributed by atoms with Crippen LogP contribution in [-0.4, -0.2) is 29.8 Å². The van der Waals surface area contributed by atoms with Crippen LogP contribution in [0.25, 0.3) is 0 Å². The first-order valence-electron chi connectivity index (χ1n) is 7.10. The highest BCUT2D eigenvalue weighted by Crippen LogP contribution is 2.28. The SMILES string of the molecule is CC1CC(C)C(C)N(CC(=O)c2cc(Cl)ccc2Cl)C1. The third kappa shape index (κ3) is 3.55. The Morgan fingerprint density at radius 2 is 2.00 bits per heavy atom. The Labute approximate surface area is 131 Å². The molecular weight excluding hydrogens is 293 g/mol. The van der Waals surface area contributed by atoms with Crippen LogP contribution in [-0.2, 0) is 0 Å². The monoisotopic (exact) mass is 313 g/mol. The first-order valence-corrected chi connectivity index (χ1v) is 7.86. The fraction of sp³-hybridized carbons (Fsp3) is 0.562. The van der Waals surface area contributed by atoms with Gasteiger partial charge in [0, 0.05) is 23.2 Å². The smallest absolute Gasteiger partial charge is 0.178 e. The highest BCUT2D eigenvalue weighted by molar-refractivity contribution is 6.36. The summed E-state index contributed by atoms with van der Waals surface area (Å²) in [6.45, 7) is 8.07. The van der Waals surface area contributed by atoms with E-state index in [-0.39, 0.29) is 5.78 Å². The zero-order chi connectivity index (χ0) is 14.9. The number of piperidine rings is 1. The van der Waals surface area contributed by atoms with Crippen molar-refractivity contribution in [1.29, 1.82) is 0 Å². The molecule has 3 atom stereocenters. The van der Waals surface area contributed by atoms with E-state index in [1.165, 1.54) is 6.42 Å². The first kappa shape index (κ1) is 15.8. The molecule has 2 nitrogen and oxygen atoms in total. The molecule has 0 bridgehead atoms. The molecule has 0 radical (unpaired) electrons. The minimum absolute atomic E-state index is 0.0469. The lowest BCUT2D eigenvalue weighted by Crippen LogP contribution is -2.47. The third-order valence-electron chi connectivity index (χ3n) is 4.30. The number of ketones is 1. The molecular formula is C16H21Cl2NO. The van der Waals surface area contributed by atoms with Crippen LogP contribution in [0.5, 0.6) is 0 Å². The standard InChI is InChI=1S/C16H21Cl2NO/c1-10-6-11(2)12(3)19(8-10)9-16(20)14-7-13(17)4-5-15(14)18/h4-5,7,10-12H,6,8-9H2,1-3H3. The molecule has 20 heavy (non-hydrogen) atoms. The van der Waals surface area contributed by atoms with Gasteiger partial charge in [-0.15, -0.1) is 0 Å². The van der Waals surface area contributed by atoms with Crippen LogP contribution in [0, 0.1) is 11.8 Å². The van der Waals surface area contributed by atoms with Crippen LogP contribution in [0.3, 0.4) is 0 Å². The summed E-state index contributed by atoms with van der Waals surface area (Å²) >= 11 is 12.1. The minimum atomic E-state index is 0.0469. The van der Waals surface area contributed by atoms with Gasteiger partial charge >= 0.3 is 0 Å². The Hall–Kier alpha value is -0.570. The molecule has 1 heterocycles. The lowest BCUT2D eigenvalue weighted by Gasteiger charge is -2.40. The van der Waals surface area contributed by atoms with Gasteiger partial charge in [0.15, 0.2) is 5.78 Å². The molecule has 1 saturated heterocycles. The molecule has 0 saturated carbocycles. The van der Waals surface area contributed by atoms with Gasteiger partial charge in [-0.3, -0.25) is 9.69 Å². The van der Waals surface area contributed by atoms with E-state index in [1.54, 1.807) is 18.2 Å². The summed E-state index contributed by atoms with van der Waals surface area (Å²) in [4.78, 5) is 14.7. The van der Waals surface area contributed by atoms with Gasteiger partial charge in [-0.25, -0.2) is 0 Å². The van der Waals surface area contributed by atoms with Gasteiger partial charge in [0.05, 0.1) is 11.6 Å². The fourth-order valence-corrected chi connectivity index (χ4v) is 3.42. The van der Waals surface area contributed by atoms with Crippen LogP contribution in [0.15, 0.2) is 18.2 Å². The molecule has 3 unspecified atom stereocenters. The van der Waals surface area contributed by atoms with Gasteiger partial charge in [0.2, 0.25) is 0 Å². The van der Waals surface area contributed by atoms with E-state index in [9.17, 15) is 4.79 Å². The van der Waals surface area contributed by atoms with Crippen LogP contribution >= 0.6 is 23.2 Å². The summed E-state index contributed by atoms with van der Waals surface area (Å²) < 4.78 is 0. The Kier molecular flexibility index (Phi) is 5.11. The van der Waals surface area contributed by atoms with Gasteiger partial charge in [-0.2, -0.15) is 0 Å². The van der Waals surface area contributed by atoms with Crippen molar-refractivity contribution in [2.75, 3.05) is 13.1 Å². The summed E-state index contributed by atoms with van der Waals surface area (Å²) in [5.74, 6) is 1.29. The number of hydrogen-bond acceptors (Lipinski definition) is 2. The molecule has 110 valence electrons. The number of hydrogen-bond donors (Lipinski definition) is 0. The maximum Gasteiger partial charge on any atom is 0.178 e. The number of carbonyl (C=O) groups excluding carboxylic acids is 1. The molecule has 4 heteroatoms. The molecule has 0 aliphatic carbocycles. The number of nitrogens with zero attached hydrogens (tertiary/aromatic N) is 1. The number of rotatable bonds is 3. The number of likely N-dealkylation sites (tertiary alicyclic amines) is 1. The van der Waals surface area contributed by atoms with Crippen molar-refractivity contribution >= 4 is 29.0 Å². The Bertz CT molecular complexity index is 503. The molecule has 0 aromatic heterocycles. The highest BCUT2D eigenvalue weighted by atomic mass is 35.5. The summed E-state index contributed by atoms with van der Waals surface area (Å²) in [6, 6.07) is 5.47. The predicted molar refractivity (Wildman–Crippen MR) is 84.8 cm³/mol. The highest BCUT2D eigenvalue weighted by Gasteiger charge is 2.30. The third-order valence-corrected chi connectivity index (χ3v) is 4.86. The molecule has 1 aliphatic heterocycles. The van der Waals surface area contributed by atoms with E-state index in [4.69, 9.17) is 23.2 Å². The topological polar surface area (TPSA) is 20.3 Å². The van der Waals surface area contributed by atoms with Crippen LogP contribution in [0.2, 0.25) is 10.0 Å². The van der Waals surface area contributed by atoms with E-state index in [0.717, 1.165) is 6.54 Å². The number of benzene rings is 1. The second-order valence-corrected chi connectivity index (χ2v) is 6.88. The summed E-state index contributed by atoms with van der Waals surface area (Å²) in [6.07, 6.45) is 1.23. The van der Waals surface area contributed by atoms with Gasteiger partial charge in [0.25, 0.3) is 0 Å². The van der Waals surface area contributed by atoms with Gasteiger partial charge < -0.3 is 0 Å². The van der Waals surface area contributed by atoms with Gasteiger partial charge in [0.1, 0.15) is 0 Å². The van der Waals surface area contributed by atoms with Crippen LogP contribution < -0.4 is 0 Å². The number of Topliss-reactive ketones (excluding diaryl/α,β-unsaturated/α-hetero) is 1. The Morgan fingerprint density at radius 1 is 1.30 bits per heavy atom. The minimum Gasteiger partial charge on any atom is -0.293 e. The van der Waals surface area contributed by atoms with Crippen LogP contribution in [0.1, 0.15) is 37.6 Å². The van der Waals surface area contributed by atoms with E-state index in [0.29, 0.717) is 40.0 Å². The van der Waals surface area contributed by atoms with Gasteiger partial charge in [-0.1, -0.05) is 37.0 Å². The molecule has 0 N–H and O–H groups in total. The van der Waals surface area contributed by atoms with E-state index in [1.807, 2.05) is 0 Å². The van der Waals surface area contributed by atoms with Crippen molar-refractivity contribution in [3.05, 3.63) is 33.8 Å². The van der Waals surface area contributed by atoms with Crippen molar-refractivity contribution < 1.29 is 4.79 Å². The average molecular weight is 314 g/mol. The lowest BCUT2D eigenvalue weighted by atomic mass is 9.86.